The van der Waals surface area contributed by atoms with Gasteiger partial charge in [-0.15, -0.1) is 0 Å². The number of nitro benzene ring substituents is 1. The van der Waals surface area contributed by atoms with Gasteiger partial charge in [-0.3, -0.25) is 14.9 Å². The summed E-state index contributed by atoms with van der Waals surface area (Å²) in [6, 6.07) is 22.6. The Labute approximate surface area is 200 Å². The van der Waals surface area contributed by atoms with Crippen LogP contribution in [0.5, 0.6) is 0 Å². The van der Waals surface area contributed by atoms with Crippen molar-refractivity contribution >= 4 is 23.2 Å². The molecule has 0 aliphatic carbocycles. The van der Waals surface area contributed by atoms with Crippen molar-refractivity contribution in [2.24, 2.45) is 0 Å². The van der Waals surface area contributed by atoms with E-state index in [4.69, 9.17) is 16.1 Å². The van der Waals surface area contributed by atoms with Crippen LogP contribution in [0.4, 0.5) is 5.69 Å². The zero-order chi connectivity index (χ0) is 23.9. The van der Waals surface area contributed by atoms with Crippen LogP contribution in [-0.2, 0) is 12.8 Å². The molecule has 34 heavy (non-hydrogen) atoms. The van der Waals surface area contributed by atoms with Crippen LogP contribution in [0.2, 0.25) is 5.02 Å². The van der Waals surface area contributed by atoms with Crippen LogP contribution in [0.1, 0.15) is 21.8 Å². The molecule has 1 aromatic heterocycles. The number of non-ortho nitro benzene ring substituents is 1. The van der Waals surface area contributed by atoms with Gasteiger partial charge in [0.2, 0.25) is 11.7 Å². The Bertz CT molecular complexity index is 1280. The lowest BCUT2D eigenvalue weighted by molar-refractivity contribution is -0.384. The van der Waals surface area contributed by atoms with E-state index in [9.17, 15) is 14.9 Å². The molecule has 1 amide bonds. The molecule has 0 unspecified atom stereocenters. The van der Waals surface area contributed by atoms with Gasteiger partial charge in [0.1, 0.15) is 0 Å². The maximum atomic E-state index is 13.2. The van der Waals surface area contributed by atoms with Gasteiger partial charge in [0.25, 0.3) is 11.6 Å². The van der Waals surface area contributed by atoms with Gasteiger partial charge < -0.3 is 9.42 Å². The Hall–Kier alpha value is -4.04. The predicted molar refractivity (Wildman–Crippen MR) is 128 cm³/mol. The SMILES string of the molecule is O=C(c1cccc([N+](=O)[O-])c1)N(CCc1ccccc1)CCc1nc(-c2ccc(Cl)cc2)no1. The van der Waals surface area contributed by atoms with Crippen molar-refractivity contribution in [2.75, 3.05) is 13.1 Å². The van der Waals surface area contributed by atoms with Gasteiger partial charge in [0, 0.05) is 47.8 Å². The van der Waals surface area contributed by atoms with Crippen molar-refractivity contribution in [3.63, 3.8) is 0 Å². The summed E-state index contributed by atoms with van der Waals surface area (Å²) in [5.74, 6) is 0.533. The van der Waals surface area contributed by atoms with Crippen molar-refractivity contribution in [1.82, 2.24) is 15.0 Å². The average Bonchev–Trinajstić information content (AvgIpc) is 3.34. The monoisotopic (exact) mass is 476 g/mol. The average molecular weight is 477 g/mol. The molecule has 0 radical (unpaired) electrons. The van der Waals surface area contributed by atoms with E-state index in [1.165, 1.54) is 18.2 Å². The molecule has 3 aromatic carbocycles. The van der Waals surface area contributed by atoms with Gasteiger partial charge in [-0.05, 0) is 42.3 Å². The minimum atomic E-state index is -0.512. The van der Waals surface area contributed by atoms with E-state index < -0.39 is 4.92 Å². The Morgan fingerprint density at radius 1 is 0.971 bits per heavy atom. The van der Waals surface area contributed by atoms with Gasteiger partial charge in [0.05, 0.1) is 4.92 Å². The summed E-state index contributed by atoms with van der Waals surface area (Å²) in [5, 5.41) is 15.8. The summed E-state index contributed by atoms with van der Waals surface area (Å²) in [7, 11) is 0. The highest BCUT2D eigenvalue weighted by atomic mass is 35.5. The lowest BCUT2D eigenvalue weighted by atomic mass is 10.1. The summed E-state index contributed by atoms with van der Waals surface area (Å²) in [4.78, 5) is 30.0. The van der Waals surface area contributed by atoms with Crippen LogP contribution in [-0.4, -0.2) is 39.0 Å². The molecule has 0 saturated heterocycles. The van der Waals surface area contributed by atoms with Crippen molar-refractivity contribution in [3.05, 3.63) is 111 Å². The fraction of sp³-hybridized carbons (Fsp3) is 0.160. The molecule has 4 aromatic rings. The number of nitrogens with zero attached hydrogens (tertiary/aromatic N) is 4. The number of amides is 1. The first kappa shape index (κ1) is 23.1. The molecule has 0 aliphatic rings. The van der Waals surface area contributed by atoms with Crippen LogP contribution in [0.3, 0.4) is 0 Å². The Balaban J connectivity index is 1.50. The maximum Gasteiger partial charge on any atom is 0.270 e. The molecule has 0 N–H and O–H groups in total. The van der Waals surface area contributed by atoms with Gasteiger partial charge in [-0.2, -0.15) is 4.98 Å². The molecule has 172 valence electrons. The quantitative estimate of drug-likeness (QED) is 0.242. The summed E-state index contributed by atoms with van der Waals surface area (Å²) < 4.78 is 5.38. The van der Waals surface area contributed by atoms with Crippen LogP contribution >= 0.6 is 11.6 Å². The van der Waals surface area contributed by atoms with Gasteiger partial charge in [-0.25, -0.2) is 0 Å². The molecule has 0 bridgehead atoms. The number of nitro groups is 1. The highest BCUT2D eigenvalue weighted by Crippen LogP contribution is 2.19. The molecule has 9 heteroatoms. The first-order chi connectivity index (χ1) is 16.5. The molecule has 0 spiro atoms. The lowest BCUT2D eigenvalue weighted by Crippen LogP contribution is -2.34. The topological polar surface area (TPSA) is 102 Å². The number of benzene rings is 3. The molecular weight excluding hydrogens is 456 g/mol. The largest absolute Gasteiger partial charge is 0.339 e. The minimum Gasteiger partial charge on any atom is -0.339 e. The van der Waals surface area contributed by atoms with Crippen LogP contribution in [0, 0.1) is 10.1 Å². The Morgan fingerprint density at radius 3 is 2.44 bits per heavy atom. The summed E-state index contributed by atoms with van der Waals surface area (Å²) >= 11 is 5.93. The number of carbonyl (C=O) groups excluding carboxylic acids is 1. The summed E-state index contributed by atoms with van der Waals surface area (Å²) in [6.45, 7) is 0.750. The van der Waals surface area contributed by atoms with Crippen LogP contribution in [0.25, 0.3) is 11.4 Å². The Morgan fingerprint density at radius 2 is 1.71 bits per heavy atom. The number of hydrogen-bond acceptors (Lipinski definition) is 6. The third-order valence-electron chi connectivity index (χ3n) is 5.27. The Kier molecular flexibility index (Phi) is 7.29. The van der Waals surface area contributed by atoms with E-state index in [0.29, 0.717) is 42.7 Å². The van der Waals surface area contributed by atoms with Crippen LogP contribution < -0.4 is 0 Å². The maximum absolute atomic E-state index is 13.2. The lowest BCUT2D eigenvalue weighted by Gasteiger charge is -2.22. The van der Waals surface area contributed by atoms with E-state index in [1.54, 1.807) is 35.2 Å². The van der Waals surface area contributed by atoms with E-state index >= 15 is 0 Å². The van der Waals surface area contributed by atoms with Gasteiger partial charge >= 0.3 is 0 Å². The van der Waals surface area contributed by atoms with Crippen molar-refractivity contribution in [1.29, 1.82) is 0 Å². The number of halogens is 1. The highest BCUT2D eigenvalue weighted by molar-refractivity contribution is 6.30. The normalized spacial score (nSPS) is 10.7. The predicted octanol–water partition coefficient (Wildman–Crippen LogP) is 5.23. The summed E-state index contributed by atoms with van der Waals surface area (Å²) in [5.41, 5.74) is 1.99. The number of carbonyl (C=O) groups is 1. The smallest absolute Gasteiger partial charge is 0.270 e. The number of aromatic nitrogens is 2. The number of rotatable bonds is 9. The van der Waals surface area contributed by atoms with Gasteiger partial charge in [0.15, 0.2) is 0 Å². The molecule has 0 fully saturated rings. The second kappa shape index (κ2) is 10.7. The third-order valence-corrected chi connectivity index (χ3v) is 5.52. The zero-order valence-electron chi connectivity index (χ0n) is 18.1. The molecule has 0 aliphatic heterocycles. The van der Waals surface area contributed by atoms with E-state index in [-0.39, 0.29) is 17.2 Å². The molecule has 4 rings (SSSR count). The highest BCUT2D eigenvalue weighted by Gasteiger charge is 2.20. The van der Waals surface area contributed by atoms with Crippen molar-refractivity contribution in [3.8, 4) is 11.4 Å². The fourth-order valence-corrected chi connectivity index (χ4v) is 3.59. The summed E-state index contributed by atoms with van der Waals surface area (Å²) in [6.07, 6.45) is 0.984. The molecule has 0 atom stereocenters. The van der Waals surface area contributed by atoms with Crippen molar-refractivity contribution < 1.29 is 14.2 Å². The van der Waals surface area contributed by atoms with Crippen LogP contribution in [0.15, 0.2) is 83.4 Å². The minimum absolute atomic E-state index is 0.127. The molecule has 0 saturated carbocycles. The zero-order valence-corrected chi connectivity index (χ0v) is 18.9. The number of hydrogen-bond donors (Lipinski definition) is 0. The second-order valence-corrected chi connectivity index (χ2v) is 8.04. The van der Waals surface area contributed by atoms with E-state index in [0.717, 1.165) is 11.1 Å². The second-order valence-electron chi connectivity index (χ2n) is 7.60. The van der Waals surface area contributed by atoms with E-state index in [1.807, 2.05) is 30.3 Å². The van der Waals surface area contributed by atoms with Crippen molar-refractivity contribution in [2.45, 2.75) is 12.8 Å². The fourth-order valence-electron chi connectivity index (χ4n) is 3.46. The standard InChI is InChI=1S/C25H21ClN4O4/c26-21-11-9-19(10-12-21)24-27-23(34-28-24)14-16-29(15-13-18-5-2-1-3-6-18)25(31)20-7-4-8-22(17-20)30(32)33/h1-12,17H,13-16H2. The first-order valence-electron chi connectivity index (χ1n) is 10.7. The molecular formula is C25H21ClN4O4. The first-order valence-corrected chi connectivity index (χ1v) is 11.0. The molecule has 1 heterocycles. The molecule has 8 nitrogen and oxygen atoms in total. The van der Waals surface area contributed by atoms with E-state index in [2.05, 4.69) is 10.1 Å². The third kappa shape index (κ3) is 5.85. The van der Waals surface area contributed by atoms with Gasteiger partial charge in [-0.1, -0.05) is 53.2 Å².